The van der Waals surface area contributed by atoms with Crippen LogP contribution < -0.4 is 16.6 Å². The third-order valence-corrected chi connectivity index (χ3v) is 3.37. The van der Waals surface area contributed by atoms with Gasteiger partial charge in [0.2, 0.25) is 5.96 Å². The molecule has 0 aromatic heterocycles. The van der Waals surface area contributed by atoms with Gasteiger partial charge >= 0.3 is 0 Å². The minimum Gasteiger partial charge on any atom is -0.353 e. The number of aliphatic imine (C=N–C) groups is 1. The van der Waals surface area contributed by atoms with Gasteiger partial charge in [-0.05, 0) is 46.3 Å². The van der Waals surface area contributed by atoms with Crippen molar-refractivity contribution in [3.05, 3.63) is 0 Å². The molecule has 0 aromatic carbocycles. The van der Waals surface area contributed by atoms with E-state index >= 15 is 0 Å². The Kier molecular flexibility index (Phi) is 7.76. The zero-order valence-corrected chi connectivity index (χ0v) is 11.9. The number of hydrogen-bond donors (Lipinski definition) is 3. The number of nitrogens with zero attached hydrogens (tertiary/aromatic N) is 2. The molecule has 0 atom stereocenters. The lowest BCUT2D eigenvalue weighted by atomic mass is 9.96. The van der Waals surface area contributed by atoms with Crippen molar-refractivity contribution in [3.63, 3.8) is 0 Å². The van der Waals surface area contributed by atoms with E-state index in [1.54, 1.807) is 0 Å². The number of guanidine groups is 1. The van der Waals surface area contributed by atoms with Crippen LogP contribution in [0.3, 0.4) is 0 Å². The number of nitrogens with one attached hydrogen (secondary N) is 2. The van der Waals surface area contributed by atoms with Gasteiger partial charge in [0.05, 0.1) is 0 Å². The SMILES string of the molecule is CN(C)CCCCN=C(NN)NC1CCCCC1. The minimum atomic E-state index is 0.551. The van der Waals surface area contributed by atoms with Gasteiger partial charge in [-0.1, -0.05) is 19.3 Å². The molecule has 1 aliphatic rings. The maximum absolute atomic E-state index is 5.50. The van der Waals surface area contributed by atoms with Crippen molar-refractivity contribution in [3.8, 4) is 0 Å². The van der Waals surface area contributed by atoms with E-state index in [1.165, 1.54) is 38.5 Å². The first-order valence-corrected chi connectivity index (χ1v) is 7.14. The Morgan fingerprint density at radius 3 is 2.56 bits per heavy atom. The Bertz CT molecular complexity index is 234. The number of rotatable bonds is 6. The molecular weight excluding hydrogens is 226 g/mol. The highest BCUT2D eigenvalue weighted by Crippen LogP contribution is 2.17. The first-order valence-electron chi connectivity index (χ1n) is 7.14. The van der Waals surface area contributed by atoms with Crippen molar-refractivity contribution in [2.75, 3.05) is 27.2 Å². The van der Waals surface area contributed by atoms with Crippen molar-refractivity contribution in [2.45, 2.75) is 51.0 Å². The number of hydrogen-bond acceptors (Lipinski definition) is 3. The van der Waals surface area contributed by atoms with Crippen molar-refractivity contribution < 1.29 is 0 Å². The maximum atomic E-state index is 5.50. The lowest BCUT2D eigenvalue weighted by molar-refractivity contribution is 0.395. The van der Waals surface area contributed by atoms with Crippen LogP contribution in [0.5, 0.6) is 0 Å². The predicted octanol–water partition coefficient (Wildman–Crippen LogP) is 1.07. The molecular formula is C13H29N5. The Morgan fingerprint density at radius 2 is 1.94 bits per heavy atom. The second-order valence-corrected chi connectivity index (χ2v) is 5.36. The molecule has 0 radical (unpaired) electrons. The molecule has 5 heteroatoms. The Hall–Kier alpha value is -0.810. The van der Waals surface area contributed by atoms with Crippen LogP contribution in [0.4, 0.5) is 0 Å². The lowest BCUT2D eigenvalue weighted by Crippen LogP contribution is -2.47. The summed E-state index contributed by atoms with van der Waals surface area (Å²) in [7, 11) is 4.20. The number of nitrogens with two attached hydrogens (primary N) is 1. The van der Waals surface area contributed by atoms with Crippen molar-refractivity contribution in [1.29, 1.82) is 0 Å². The van der Waals surface area contributed by atoms with Gasteiger partial charge in [-0.25, -0.2) is 5.84 Å². The van der Waals surface area contributed by atoms with Gasteiger partial charge in [0, 0.05) is 12.6 Å². The van der Waals surface area contributed by atoms with Crippen molar-refractivity contribution >= 4 is 5.96 Å². The summed E-state index contributed by atoms with van der Waals surface area (Å²) in [4.78, 5) is 6.68. The van der Waals surface area contributed by atoms with Gasteiger partial charge in [0.25, 0.3) is 0 Å². The average Bonchev–Trinajstić information content (AvgIpc) is 2.38. The topological polar surface area (TPSA) is 65.7 Å². The largest absolute Gasteiger partial charge is 0.353 e. The van der Waals surface area contributed by atoms with E-state index in [4.69, 9.17) is 5.84 Å². The van der Waals surface area contributed by atoms with Crippen LogP contribution in [0, 0.1) is 0 Å². The van der Waals surface area contributed by atoms with E-state index < -0.39 is 0 Å². The summed E-state index contributed by atoms with van der Waals surface area (Å²) < 4.78 is 0. The second-order valence-electron chi connectivity index (χ2n) is 5.36. The fourth-order valence-electron chi connectivity index (χ4n) is 2.30. The van der Waals surface area contributed by atoms with E-state index in [2.05, 4.69) is 34.7 Å². The lowest BCUT2D eigenvalue weighted by Gasteiger charge is -2.24. The molecule has 0 spiro atoms. The van der Waals surface area contributed by atoms with Gasteiger partial charge < -0.3 is 10.2 Å². The Morgan fingerprint density at radius 1 is 1.22 bits per heavy atom. The molecule has 0 saturated heterocycles. The monoisotopic (exact) mass is 255 g/mol. The molecule has 1 aliphatic carbocycles. The predicted molar refractivity (Wildman–Crippen MR) is 77.4 cm³/mol. The summed E-state index contributed by atoms with van der Waals surface area (Å²) in [5, 5.41) is 3.41. The molecule has 0 aliphatic heterocycles. The molecule has 5 nitrogen and oxygen atoms in total. The summed E-state index contributed by atoms with van der Waals surface area (Å²) in [6.07, 6.45) is 8.76. The maximum Gasteiger partial charge on any atom is 0.205 e. The molecule has 0 bridgehead atoms. The van der Waals surface area contributed by atoms with E-state index in [-0.39, 0.29) is 0 Å². The smallest absolute Gasteiger partial charge is 0.205 e. The van der Waals surface area contributed by atoms with Gasteiger partial charge in [-0.3, -0.25) is 10.4 Å². The molecule has 106 valence electrons. The van der Waals surface area contributed by atoms with E-state index in [1.807, 2.05) is 0 Å². The van der Waals surface area contributed by atoms with E-state index in [9.17, 15) is 0 Å². The quantitative estimate of drug-likeness (QED) is 0.218. The average molecular weight is 255 g/mol. The van der Waals surface area contributed by atoms with Gasteiger partial charge in [0.1, 0.15) is 0 Å². The molecule has 1 saturated carbocycles. The van der Waals surface area contributed by atoms with Crippen molar-refractivity contribution in [1.82, 2.24) is 15.6 Å². The van der Waals surface area contributed by atoms with E-state index in [0.717, 1.165) is 25.5 Å². The minimum absolute atomic E-state index is 0.551. The zero-order chi connectivity index (χ0) is 13.2. The molecule has 1 fully saturated rings. The van der Waals surface area contributed by atoms with Crippen LogP contribution in [-0.2, 0) is 0 Å². The van der Waals surface area contributed by atoms with Gasteiger partial charge in [-0.2, -0.15) is 0 Å². The summed E-state index contributed by atoms with van der Waals surface area (Å²) in [5.41, 5.74) is 2.68. The van der Waals surface area contributed by atoms with Crippen LogP contribution >= 0.6 is 0 Å². The highest BCUT2D eigenvalue weighted by atomic mass is 15.3. The molecule has 0 amide bonds. The van der Waals surface area contributed by atoms with Gasteiger partial charge in [-0.15, -0.1) is 0 Å². The summed E-state index contributed by atoms with van der Waals surface area (Å²) in [5.74, 6) is 6.26. The fourth-order valence-corrected chi connectivity index (χ4v) is 2.30. The van der Waals surface area contributed by atoms with Crippen LogP contribution in [-0.4, -0.2) is 44.1 Å². The number of unbranched alkanes of at least 4 members (excludes halogenated alkanes) is 1. The first kappa shape index (κ1) is 15.2. The van der Waals surface area contributed by atoms with Crippen LogP contribution in [0.1, 0.15) is 44.9 Å². The highest BCUT2D eigenvalue weighted by Gasteiger charge is 2.13. The first-order chi connectivity index (χ1) is 8.72. The summed E-state index contributed by atoms with van der Waals surface area (Å²) >= 11 is 0. The molecule has 0 aromatic rings. The second kappa shape index (κ2) is 9.16. The highest BCUT2D eigenvalue weighted by molar-refractivity contribution is 5.79. The molecule has 4 N–H and O–H groups in total. The standard InChI is InChI=1S/C13H29N5/c1-18(2)11-7-6-10-15-13(17-14)16-12-8-4-3-5-9-12/h12H,3-11,14H2,1-2H3,(H2,15,16,17). The zero-order valence-electron chi connectivity index (χ0n) is 11.9. The third kappa shape index (κ3) is 6.81. The van der Waals surface area contributed by atoms with Gasteiger partial charge in [0.15, 0.2) is 0 Å². The fraction of sp³-hybridized carbons (Fsp3) is 0.923. The molecule has 1 rings (SSSR count). The molecule has 18 heavy (non-hydrogen) atoms. The normalized spacial score (nSPS) is 18.1. The van der Waals surface area contributed by atoms with Crippen LogP contribution in [0.15, 0.2) is 4.99 Å². The summed E-state index contributed by atoms with van der Waals surface area (Å²) in [6.45, 7) is 1.96. The Balaban J connectivity index is 2.18. The van der Waals surface area contributed by atoms with Crippen molar-refractivity contribution in [2.24, 2.45) is 10.8 Å². The molecule has 0 heterocycles. The Labute approximate surface area is 111 Å². The molecule has 0 unspecified atom stereocenters. The number of hydrazine groups is 1. The summed E-state index contributed by atoms with van der Waals surface area (Å²) in [6, 6.07) is 0.551. The van der Waals surface area contributed by atoms with Crippen LogP contribution in [0.2, 0.25) is 0 Å². The van der Waals surface area contributed by atoms with Crippen LogP contribution in [0.25, 0.3) is 0 Å². The van der Waals surface area contributed by atoms with E-state index in [0.29, 0.717) is 6.04 Å². The third-order valence-electron chi connectivity index (χ3n) is 3.37.